The summed E-state index contributed by atoms with van der Waals surface area (Å²) in [5.41, 5.74) is 2.10. The fourth-order valence-corrected chi connectivity index (χ4v) is 1.62. The molecule has 0 saturated carbocycles. The molecule has 1 aromatic carbocycles. The van der Waals surface area contributed by atoms with Crippen LogP contribution in [-0.4, -0.2) is 10.2 Å². The standard InChI is InChI=1S/C12H12ClN3/c13-11-4-1-3-10(7-11)8-14-9-12-5-2-6-15-16-12/h1-7,14H,8-9H2. The number of hydrogen-bond donors (Lipinski definition) is 1. The van der Waals surface area contributed by atoms with E-state index in [0.29, 0.717) is 6.54 Å². The Morgan fingerprint density at radius 1 is 1.12 bits per heavy atom. The van der Waals surface area contributed by atoms with Crippen LogP contribution in [0.25, 0.3) is 0 Å². The van der Waals surface area contributed by atoms with Gasteiger partial charge in [-0.2, -0.15) is 10.2 Å². The lowest BCUT2D eigenvalue weighted by Crippen LogP contribution is -2.13. The smallest absolute Gasteiger partial charge is 0.0769 e. The molecule has 0 fully saturated rings. The minimum atomic E-state index is 0.709. The summed E-state index contributed by atoms with van der Waals surface area (Å²) >= 11 is 5.89. The predicted octanol–water partition coefficient (Wildman–Crippen LogP) is 2.42. The van der Waals surface area contributed by atoms with Crippen molar-refractivity contribution in [3.63, 3.8) is 0 Å². The van der Waals surface area contributed by atoms with Gasteiger partial charge in [-0.05, 0) is 29.8 Å². The first kappa shape index (κ1) is 11.0. The zero-order chi connectivity index (χ0) is 11.2. The molecule has 0 spiro atoms. The van der Waals surface area contributed by atoms with Gasteiger partial charge in [-0.15, -0.1) is 0 Å². The number of hydrogen-bond acceptors (Lipinski definition) is 3. The van der Waals surface area contributed by atoms with E-state index in [-0.39, 0.29) is 0 Å². The number of rotatable bonds is 4. The highest BCUT2D eigenvalue weighted by atomic mass is 35.5. The van der Waals surface area contributed by atoms with Gasteiger partial charge in [-0.25, -0.2) is 0 Å². The van der Waals surface area contributed by atoms with Crippen LogP contribution in [0.4, 0.5) is 0 Å². The minimum Gasteiger partial charge on any atom is -0.307 e. The normalized spacial score (nSPS) is 10.3. The Labute approximate surface area is 99.5 Å². The molecule has 82 valence electrons. The molecule has 0 bridgehead atoms. The van der Waals surface area contributed by atoms with E-state index in [1.54, 1.807) is 6.20 Å². The van der Waals surface area contributed by atoms with E-state index >= 15 is 0 Å². The fraction of sp³-hybridized carbons (Fsp3) is 0.167. The van der Waals surface area contributed by atoms with Gasteiger partial charge in [0, 0.05) is 24.3 Å². The summed E-state index contributed by atoms with van der Waals surface area (Å²) < 4.78 is 0. The summed E-state index contributed by atoms with van der Waals surface area (Å²) in [6, 6.07) is 11.6. The Kier molecular flexibility index (Phi) is 3.86. The Morgan fingerprint density at radius 2 is 2.06 bits per heavy atom. The summed E-state index contributed by atoms with van der Waals surface area (Å²) in [4.78, 5) is 0. The van der Waals surface area contributed by atoms with Crippen LogP contribution in [0.3, 0.4) is 0 Å². The molecule has 3 nitrogen and oxygen atoms in total. The van der Waals surface area contributed by atoms with Gasteiger partial charge in [0.2, 0.25) is 0 Å². The average molecular weight is 234 g/mol. The van der Waals surface area contributed by atoms with Crippen molar-refractivity contribution in [1.29, 1.82) is 0 Å². The van der Waals surface area contributed by atoms with E-state index in [4.69, 9.17) is 11.6 Å². The van der Waals surface area contributed by atoms with E-state index in [2.05, 4.69) is 15.5 Å². The number of halogens is 1. The lowest BCUT2D eigenvalue weighted by Gasteiger charge is -2.04. The monoisotopic (exact) mass is 233 g/mol. The molecule has 0 saturated heterocycles. The van der Waals surface area contributed by atoms with Crippen LogP contribution in [0.2, 0.25) is 5.02 Å². The van der Waals surface area contributed by atoms with Crippen LogP contribution in [0.5, 0.6) is 0 Å². The van der Waals surface area contributed by atoms with Crippen molar-refractivity contribution in [3.8, 4) is 0 Å². The third-order valence-corrected chi connectivity index (χ3v) is 2.39. The van der Waals surface area contributed by atoms with Crippen LogP contribution >= 0.6 is 11.6 Å². The van der Waals surface area contributed by atoms with Gasteiger partial charge in [-0.1, -0.05) is 23.7 Å². The van der Waals surface area contributed by atoms with Crippen LogP contribution in [0, 0.1) is 0 Å². The average Bonchev–Trinajstić information content (AvgIpc) is 2.30. The van der Waals surface area contributed by atoms with Gasteiger partial charge in [0.1, 0.15) is 0 Å². The lowest BCUT2D eigenvalue weighted by molar-refractivity contribution is 0.670. The second-order valence-electron chi connectivity index (χ2n) is 3.45. The van der Waals surface area contributed by atoms with Crippen LogP contribution in [-0.2, 0) is 13.1 Å². The maximum absolute atomic E-state index is 5.89. The van der Waals surface area contributed by atoms with E-state index in [9.17, 15) is 0 Å². The second kappa shape index (κ2) is 5.58. The van der Waals surface area contributed by atoms with Crippen molar-refractivity contribution < 1.29 is 0 Å². The molecule has 1 aromatic heterocycles. The summed E-state index contributed by atoms with van der Waals surface area (Å²) in [5, 5.41) is 11.8. The molecule has 2 rings (SSSR count). The third-order valence-electron chi connectivity index (χ3n) is 2.15. The zero-order valence-electron chi connectivity index (χ0n) is 8.73. The third kappa shape index (κ3) is 3.29. The predicted molar refractivity (Wildman–Crippen MR) is 64.0 cm³/mol. The molecule has 0 atom stereocenters. The molecular formula is C12H12ClN3. The fourth-order valence-electron chi connectivity index (χ4n) is 1.41. The first-order valence-corrected chi connectivity index (χ1v) is 5.44. The van der Waals surface area contributed by atoms with Crippen LogP contribution in [0.1, 0.15) is 11.3 Å². The van der Waals surface area contributed by atoms with E-state index in [1.807, 2.05) is 36.4 Å². The van der Waals surface area contributed by atoms with Gasteiger partial charge < -0.3 is 5.32 Å². The van der Waals surface area contributed by atoms with Crippen LogP contribution < -0.4 is 5.32 Å². The molecular weight excluding hydrogens is 222 g/mol. The van der Waals surface area contributed by atoms with Gasteiger partial charge in [-0.3, -0.25) is 0 Å². The Bertz CT molecular complexity index is 445. The largest absolute Gasteiger partial charge is 0.307 e. The number of nitrogens with zero attached hydrogens (tertiary/aromatic N) is 2. The molecule has 0 aliphatic heterocycles. The van der Waals surface area contributed by atoms with Crippen LogP contribution in [0.15, 0.2) is 42.6 Å². The van der Waals surface area contributed by atoms with Gasteiger partial charge in [0.05, 0.1) is 5.69 Å². The van der Waals surface area contributed by atoms with Crippen molar-refractivity contribution >= 4 is 11.6 Å². The molecule has 0 aliphatic carbocycles. The Balaban J connectivity index is 1.85. The maximum atomic E-state index is 5.89. The summed E-state index contributed by atoms with van der Waals surface area (Å²) in [6.45, 7) is 1.48. The van der Waals surface area contributed by atoms with Crippen molar-refractivity contribution in [1.82, 2.24) is 15.5 Å². The Morgan fingerprint density at radius 3 is 2.81 bits per heavy atom. The number of nitrogens with one attached hydrogen (secondary N) is 1. The molecule has 0 amide bonds. The molecule has 2 aromatic rings. The van der Waals surface area contributed by atoms with E-state index in [1.165, 1.54) is 0 Å². The van der Waals surface area contributed by atoms with E-state index < -0.39 is 0 Å². The van der Waals surface area contributed by atoms with Gasteiger partial charge in [0.15, 0.2) is 0 Å². The number of benzene rings is 1. The number of aromatic nitrogens is 2. The first-order valence-electron chi connectivity index (χ1n) is 5.06. The van der Waals surface area contributed by atoms with Crippen molar-refractivity contribution in [2.75, 3.05) is 0 Å². The molecule has 0 unspecified atom stereocenters. The highest BCUT2D eigenvalue weighted by Crippen LogP contribution is 2.10. The maximum Gasteiger partial charge on any atom is 0.0769 e. The first-order chi connectivity index (χ1) is 7.84. The quantitative estimate of drug-likeness (QED) is 0.882. The van der Waals surface area contributed by atoms with Crippen molar-refractivity contribution in [3.05, 3.63) is 58.9 Å². The van der Waals surface area contributed by atoms with Crippen molar-refractivity contribution in [2.24, 2.45) is 0 Å². The highest BCUT2D eigenvalue weighted by molar-refractivity contribution is 6.30. The Hall–Kier alpha value is -1.45. The van der Waals surface area contributed by atoms with Gasteiger partial charge >= 0.3 is 0 Å². The van der Waals surface area contributed by atoms with E-state index in [0.717, 1.165) is 22.8 Å². The minimum absolute atomic E-state index is 0.709. The van der Waals surface area contributed by atoms with Crippen molar-refractivity contribution in [2.45, 2.75) is 13.1 Å². The topological polar surface area (TPSA) is 37.8 Å². The molecule has 1 heterocycles. The molecule has 0 radical (unpaired) electrons. The molecule has 1 N–H and O–H groups in total. The SMILES string of the molecule is Clc1cccc(CNCc2cccnn2)c1. The molecule has 0 aliphatic rings. The molecule has 16 heavy (non-hydrogen) atoms. The molecule has 4 heteroatoms. The summed E-state index contributed by atoms with van der Waals surface area (Å²) in [6.07, 6.45) is 1.67. The second-order valence-corrected chi connectivity index (χ2v) is 3.88. The lowest BCUT2D eigenvalue weighted by atomic mass is 10.2. The summed E-state index contributed by atoms with van der Waals surface area (Å²) in [7, 11) is 0. The highest BCUT2D eigenvalue weighted by Gasteiger charge is 1.95. The summed E-state index contributed by atoms with van der Waals surface area (Å²) in [5.74, 6) is 0. The zero-order valence-corrected chi connectivity index (χ0v) is 9.48. The van der Waals surface area contributed by atoms with Gasteiger partial charge in [0.25, 0.3) is 0 Å².